The van der Waals surface area contributed by atoms with Crippen LogP contribution >= 0.6 is 11.6 Å². The molecule has 0 N–H and O–H groups in total. The van der Waals surface area contributed by atoms with Gasteiger partial charge in [-0.05, 0) is 24.6 Å². The van der Waals surface area contributed by atoms with Crippen molar-refractivity contribution in [3.63, 3.8) is 0 Å². The Hall–Kier alpha value is -1.55. The zero-order valence-electron chi connectivity index (χ0n) is 8.70. The topological polar surface area (TPSA) is 46.6 Å². The number of carbonyl (C=O) groups is 2. The highest BCUT2D eigenvalue weighted by Gasteiger charge is 2.25. The van der Waals surface area contributed by atoms with Crippen molar-refractivity contribution in [3.8, 4) is 0 Å². The van der Waals surface area contributed by atoms with Gasteiger partial charge in [-0.25, -0.2) is 9.59 Å². The predicted octanol–water partition coefficient (Wildman–Crippen LogP) is 1.54. The number of hydrogen-bond acceptors (Lipinski definition) is 4. The molecule has 0 atom stereocenters. The Morgan fingerprint density at radius 2 is 1.88 bits per heavy atom. The molecule has 84 valence electrons. The van der Waals surface area contributed by atoms with Crippen LogP contribution in [0.4, 0.5) is 5.69 Å². The zero-order valence-corrected chi connectivity index (χ0v) is 9.45. The first kappa shape index (κ1) is 11.0. The van der Waals surface area contributed by atoms with E-state index in [4.69, 9.17) is 11.6 Å². The number of hydrogen-bond donors (Lipinski definition) is 0. The van der Waals surface area contributed by atoms with Gasteiger partial charge in [0.2, 0.25) is 0 Å². The molecular formula is C11H10ClNO3. The number of esters is 2. The molecule has 1 aliphatic rings. The molecule has 4 nitrogen and oxygen atoms in total. The van der Waals surface area contributed by atoms with E-state index in [1.54, 1.807) is 11.0 Å². The smallest absolute Gasteiger partial charge is 0.333 e. The molecule has 0 bridgehead atoms. The van der Waals surface area contributed by atoms with Crippen molar-refractivity contribution in [2.45, 2.75) is 6.92 Å². The minimum absolute atomic E-state index is 0.0745. The van der Waals surface area contributed by atoms with Gasteiger partial charge in [0, 0.05) is 10.7 Å². The molecule has 0 aromatic heterocycles. The number of benzene rings is 1. The average Bonchev–Trinajstić information content (AvgIpc) is 2.20. The molecule has 1 fully saturated rings. The summed E-state index contributed by atoms with van der Waals surface area (Å²) in [7, 11) is 0. The third-order valence-corrected chi connectivity index (χ3v) is 2.80. The number of halogens is 1. The minimum atomic E-state index is -0.534. The van der Waals surface area contributed by atoms with Crippen molar-refractivity contribution in [3.05, 3.63) is 28.8 Å². The van der Waals surface area contributed by atoms with Crippen LogP contribution in [0, 0.1) is 6.92 Å². The van der Waals surface area contributed by atoms with Gasteiger partial charge in [0.15, 0.2) is 0 Å². The SMILES string of the molecule is Cc1ccc(N2CC(=O)OC(=O)C2)cc1Cl. The first-order chi connectivity index (χ1) is 7.56. The summed E-state index contributed by atoms with van der Waals surface area (Å²) in [5.41, 5.74) is 1.71. The molecule has 5 heteroatoms. The number of morpholine rings is 1. The van der Waals surface area contributed by atoms with Crippen molar-refractivity contribution in [1.82, 2.24) is 0 Å². The van der Waals surface area contributed by atoms with Gasteiger partial charge in [-0.15, -0.1) is 0 Å². The third-order valence-electron chi connectivity index (χ3n) is 2.39. The summed E-state index contributed by atoms with van der Waals surface area (Å²) in [5, 5.41) is 0.615. The number of aryl methyl sites for hydroxylation is 1. The second-order valence-electron chi connectivity index (χ2n) is 3.64. The Kier molecular flexibility index (Phi) is 2.83. The van der Waals surface area contributed by atoms with Crippen molar-refractivity contribution in [2.24, 2.45) is 0 Å². The van der Waals surface area contributed by atoms with Gasteiger partial charge in [-0.1, -0.05) is 17.7 Å². The fourth-order valence-electron chi connectivity index (χ4n) is 1.52. The van der Waals surface area contributed by atoms with Crippen molar-refractivity contribution in [1.29, 1.82) is 0 Å². The van der Waals surface area contributed by atoms with Gasteiger partial charge in [0.1, 0.15) is 13.1 Å². The molecule has 0 radical (unpaired) electrons. The van der Waals surface area contributed by atoms with Gasteiger partial charge in [-0.2, -0.15) is 0 Å². The predicted molar refractivity (Wildman–Crippen MR) is 59.5 cm³/mol. The largest absolute Gasteiger partial charge is 0.390 e. The van der Waals surface area contributed by atoms with E-state index in [2.05, 4.69) is 4.74 Å². The molecule has 1 heterocycles. The van der Waals surface area contributed by atoms with E-state index in [-0.39, 0.29) is 13.1 Å². The summed E-state index contributed by atoms with van der Waals surface area (Å²) in [6.45, 7) is 2.04. The van der Waals surface area contributed by atoms with Crippen LogP contribution in [0.5, 0.6) is 0 Å². The number of nitrogens with zero attached hydrogens (tertiary/aromatic N) is 1. The standard InChI is InChI=1S/C11H10ClNO3/c1-7-2-3-8(4-9(7)12)13-5-10(14)16-11(15)6-13/h2-4H,5-6H2,1H3. The van der Waals surface area contributed by atoms with Gasteiger partial charge in [0.05, 0.1) is 0 Å². The van der Waals surface area contributed by atoms with E-state index in [0.29, 0.717) is 5.02 Å². The molecule has 1 aliphatic heterocycles. The highest BCUT2D eigenvalue weighted by Crippen LogP contribution is 2.23. The Morgan fingerprint density at radius 3 is 2.44 bits per heavy atom. The van der Waals surface area contributed by atoms with Crippen molar-refractivity contribution in [2.75, 3.05) is 18.0 Å². The Morgan fingerprint density at radius 1 is 1.25 bits per heavy atom. The summed E-state index contributed by atoms with van der Waals surface area (Å²) in [6, 6.07) is 5.41. The van der Waals surface area contributed by atoms with Crippen molar-refractivity contribution >= 4 is 29.2 Å². The molecule has 0 amide bonds. The average molecular weight is 240 g/mol. The van der Waals surface area contributed by atoms with E-state index in [9.17, 15) is 9.59 Å². The second-order valence-corrected chi connectivity index (χ2v) is 4.04. The zero-order chi connectivity index (χ0) is 11.7. The Bertz CT molecular complexity index is 443. The maximum Gasteiger partial charge on any atom is 0.333 e. The van der Waals surface area contributed by atoms with Crippen LogP contribution < -0.4 is 4.90 Å². The lowest BCUT2D eigenvalue weighted by molar-refractivity contribution is -0.160. The number of carbonyl (C=O) groups excluding carboxylic acids is 2. The molecule has 1 aromatic carbocycles. The van der Waals surface area contributed by atoms with E-state index in [1.165, 1.54) is 0 Å². The minimum Gasteiger partial charge on any atom is -0.390 e. The summed E-state index contributed by atoms with van der Waals surface area (Å²) < 4.78 is 4.44. The Labute approximate surface area is 97.7 Å². The van der Waals surface area contributed by atoms with Gasteiger partial charge >= 0.3 is 11.9 Å². The molecule has 1 aromatic rings. The number of anilines is 1. The van der Waals surface area contributed by atoms with Crippen LogP contribution in [0.1, 0.15) is 5.56 Å². The van der Waals surface area contributed by atoms with Crippen molar-refractivity contribution < 1.29 is 14.3 Å². The van der Waals surface area contributed by atoms with Gasteiger partial charge < -0.3 is 9.64 Å². The maximum absolute atomic E-state index is 11.1. The quantitative estimate of drug-likeness (QED) is 0.551. The lowest BCUT2D eigenvalue weighted by Gasteiger charge is -2.26. The summed E-state index contributed by atoms with van der Waals surface area (Å²) in [6.07, 6.45) is 0. The van der Waals surface area contributed by atoms with Gasteiger partial charge in [-0.3, -0.25) is 0 Å². The molecular weight excluding hydrogens is 230 g/mol. The summed E-state index contributed by atoms with van der Waals surface area (Å²) in [4.78, 5) is 23.8. The fourth-order valence-corrected chi connectivity index (χ4v) is 1.69. The van der Waals surface area contributed by atoms with E-state index < -0.39 is 11.9 Å². The first-order valence-corrected chi connectivity index (χ1v) is 5.18. The molecule has 0 saturated carbocycles. The number of cyclic esters (lactones) is 2. The summed E-state index contributed by atoms with van der Waals surface area (Å²) >= 11 is 5.98. The Balaban J connectivity index is 2.26. The second kappa shape index (κ2) is 4.14. The molecule has 0 aliphatic carbocycles. The molecule has 2 rings (SSSR count). The molecule has 0 spiro atoms. The molecule has 0 unspecified atom stereocenters. The summed E-state index contributed by atoms with van der Waals surface area (Å²) in [5.74, 6) is -1.07. The van der Waals surface area contributed by atoms with Crippen LogP contribution in [0.25, 0.3) is 0 Å². The van der Waals surface area contributed by atoms with E-state index in [0.717, 1.165) is 11.3 Å². The van der Waals surface area contributed by atoms with E-state index in [1.807, 2.05) is 19.1 Å². The monoisotopic (exact) mass is 239 g/mol. The normalized spacial score (nSPS) is 16.2. The van der Waals surface area contributed by atoms with Crippen LogP contribution in [0.15, 0.2) is 18.2 Å². The fraction of sp³-hybridized carbons (Fsp3) is 0.273. The van der Waals surface area contributed by atoms with E-state index >= 15 is 0 Å². The number of ether oxygens (including phenoxy) is 1. The highest BCUT2D eigenvalue weighted by molar-refractivity contribution is 6.31. The van der Waals surface area contributed by atoms with Crippen LogP contribution in [0.3, 0.4) is 0 Å². The van der Waals surface area contributed by atoms with Gasteiger partial charge in [0.25, 0.3) is 0 Å². The van der Waals surface area contributed by atoms with Crippen LogP contribution in [0.2, 0.25) is 5.02 Å². The highest BCUT2D eigenvalue weighted by atomic mass is 35.5. The molecule has 16 heavy (non-hydrogen) atoms. The lowest BCUT2D eigenvalue weighted by atomic mass is 10.2. The maximum atomic E-state index is 11.1. The first-order valence-electron chi connectivity index (χ1n) is 4.81. The van der Waals surface area contributed by atoms with Crippen LogP contribution in [-0.4, -0.2) is 25.0 Å². The number of rotatable bonds is 1. The van der Waals surface area contributed by atoms with Crippen LogP contribution in [-0.2, 0) is 14.3 Å². The third kappa shape index (κ3) is 2.17. The lowest BCUT2D eigenvalue weighted by Crippen LogP contribution is -2.42. The molecule has 1 saturated heterocycles.